The van der Waals surface area contributed by atoms with E-state index in [2.05, 4.69) is 10.6 Å². The van der Waals surface area contributed by atoms with Gasteiger partial charge in [-0.1, -0.05) is 0 Å². The number of hydrogen-bond acceptors (Lipinski definition) is 3. The summed E-state index contributed by atoms with van der Waals surface area (Å²) in [4.78, 5) is 14.2. The first-order valence-corrected chi connectivity index (χ1v) is 8.96. The Balaban J connectivity index is 0.00000364. The monoisotopic (exact) mass is 513 g/mol. The molecule has 0 aliphatic carbocycles. The molecule has 0 aromatic heterocycles. The zero-order valence-electron chi connectivity index (χ0n) is 14.8. The second-order valence-corrected chi connectivity index (χ2v) is 7.17. The molecule has 0 aliphatic rings. The Morgan fingerprint density at radius 1 is 1.11 bits per heavy atom. The zero-order chi connectivity index (χ0) is 19.3. The van der Waals surface area contributed by atoms with Gasteiger partial charge in [0, 0.05) is 34.3 Å². The third-order valence-corrected chi connectivity index (χ3v) is 4.34. The van der Waals surface area contributed by atoms with Gasteiger partial charge in [0.1, 0.15) is 5.82 Å². The lowest BCUT2D eigenvalue weighted by Crippen LogP contribution is -2.32. The van der Waals surface area contributed by atoms with Crippen LogP contribution < -0.4 is 10.6 Å². The van der Waals surface area contributed by atoms with Crippen LogP contribution in [0, 0.1) is 21.0 Å². The number of rotatable bonds is 7. The Bertz CT molecular complexity index is 806. The largest absolute Gasteiger partial charge is 0.378 e. The first kappa shape index (κ1) is 23.5. The van der Waals surface area contributed by atoms with E-state index in [-0.39, 0.29) is 35.8 Å². The topological polar surface area (TPSA) is 44.4 Å². The van der Waals surface area contributed by atoms with Crippen molar-refractivity contribution in [2.45, 2.75) is 6.54 Å². The first-order chi connectivity index (χ1) is 12.3. The molecule has 0 unspecified atom stereocenters. The van der Waals surface area contributed by atoms with Gasteiger partial charge in [0.25, 0.3) is 5.91 Å². The summed E-state index contributed by atoms with van der Waals surface area (Å²) in [6, 6.07) is 6.64. The van der Waals surface area contributed by atoms with Crippen molar-refractivity contribution in [2.24, 2.45) is 0 Å². The molecule has 0 heterocycles. The second-order valence-electron chi connectivity index (χ2n) is 5.92. The van der Waals surface area contributed by atoms with Crippen LogP contribution in [0.5, 0.6) is 0 Å². The van der Waals surface area contributed by atoms with E-state index >= 15 is 0 Å². The SMILES string of the molecule is CN(C)CCNC(=O)c1ccc(F)c(F)c1CNc1ccc(I)cc1F.Cl. The summed E-state index contributed by atoms with van der Waals surface area (Å²) in [5.74, 6) is -3.20. The van der Waals surface area contributed by atoms with Crippen LogP contribution in [-0.2, 0) is 6.54 Å². The Morgan fingerprint density at radius 2 is 1.81 bits per heavy atom. The van der Waals surface area contributed by atoms with Crippen molar-refractivity contribution in [1.29, 1.82) is 0 Å². The minimum Gasteiger partial charge on any atom is -0.378 e. The van der Waals surface area contributed by atoms with Crippen molar-refractivity contribution in [3.8, 4) is 0 Å². The lowest BCUT2D eigenvalue weighted by molar-refractivity contribution is 0.0949. The summed E-state index contributed by atoms with van der Waals surface area (Å²) in [6.45, 7) is 0.748. The number of carbonyl (C=O) groups excluding carboxylic acids is 1. The molecule has 0 bridgehead atoms. The van der Waals surface area contributed by atoms with Gasteiger partial charge < -0.3 is 15.5 Å². The number of halogens is 5. The summed E-state index contributed by atoms with van der Waals surface area (Å²) in [7, 11) is 3.71. The number of nitrogens with one attached hydrogen (secondary N) is 2. The van der Waals surface area contributed by atoms with Gasteiger partial charge >= 0.3 is 0 Å². The molecule has 2 aromatic rings. The third kappa shape index (κ3) is 6.54. The molecular weight excluding hydrogens is 494 g/mol. The summed E-state index contributed by atoms with van der Waals surface area (Å²) < 4.78 is 42.5. The minimum absolute atomic E-state index is 0. The quantitative estimate of drug-likeness (QED) is 0.550. The predicted molar refractivity (Wildman–Crippen MR) is 111 cm³/mol. The molecule has 9 heteroatoms. The smallest absolute Gasteiger partial charge is 0.251 e. The van der Waals surface area contributed by atoms with Gasteiger partial charge in [-0.3, -0.25) is 4.79 Å². The standard InChI is InChI=1S/C18H19F3IN3O.ClH/c1-25(2)8-7-23-18(26)12-4-5-14(19)17(21)13(12)10-24-16-6-3-11(22)9-15(16)20;/h3-6,9,24H,7-8,10H2,1-2H3,(H,23,26);1H. The van der Waals surface area contributed by atoms with Gasteiger partial charge in [-0.25, -0.2) is 13.2 Å². The average Bonchev–Trinajstić information content (AvgIpc) is 2.57. The fourth-order valence-electron chi connectivity index (χ4n) is 2.28. The van der Waals surface area contributed by atoms with Crippen molar-refractivity contribution >= 4 is 46.6 Å². The van der Waals surface area contributed by atoms with Gasteiger partial charge in [0.2, 0.25) is 0 Å². The fourth-order valence-corrected chi connectivity index (χ4v) is 2.74. The number of amides is 1. The van der Waals surface area contributed by atoms with Crippen LogP contribution in [0.1, 0.15) is 15.9 Å². The van der Waals surface area contributed by atoms with Gasteiger partial charge in [-0.2, -0.15) is 0 Å². The summed E-state index contributed by atoms with van der Waals surface area (Å²) in [5, 5.41) is 5.38. The third-order valence-electron chi connectivity index (χ3n) is 3.67. The van der Waals surface area contributed by atoms with Crippen LogP contribution in [0.25, 0.3) is 0 Å². The Labute approximate surface area is 176 Å². The molecule has 27 heavy (non-hydrogen) atoms. The Hall–Kier alpha value is -1.52. The average molecular weight is 514 g/mol. The highest BCUT2D eigenvalue weighted by atomic mass is 127. The molecule has 2 N–H and O–H groups in total. The van der Waals surface area contributed by atoms with E-state index in [0.717, 1.165) is 6.07 Å². The Morgan fingerprint density at radius 3 is 2.44 bits per heavy atom. The normalized spacial score (nSPS) is 10.5. The maximum Gasteiger partial charge on any atom is 0.251 e. The van der Waals surface area contributed by atoms with Crippen LogP contribution >= 0.6 is 35.0 Å². The van der Waals surface area contributed by atoms with Crippen LogP contribution in [-0.4, -0.2) is 38.0 Å². The van der Waals surface area contributed by atoms with E-state index < -0.39 is 23.4 Å². The van der Waals surface area contributed by atoms with E-state index in [1.54, 1.807) is 6.07 Å². The number of benzene rings is 2. The van der Waals surface area contributed by atoms with E-state index in [4.69, 9.17) is 0 Å². The predicted octanol–water partition coefficient (Wildman–Crippen LogP) is 4.03. The van der Waals surface area contributed by atoms with Gasteiger partial charge in [-0.15, -0.1) is 12.4 Å². The van der Waals surface area contributed by atoms with Crippen LogP contribution in [0.3, 0.4) is 0 Å². The van der Waals surface area contributed by atoms with Crippen molar-refractivity contribution < 1.29 is 18.0 Å². The molecule has 4 nitrogen and oxygen atoms in total. The molecule has 0 spiro atoms. The molecule has 1 amide bonds. The van der Waals surface area contributed by atoms with E-state index in [0.29, 0.717) is 16.7 Å². The lowest BCUT2D eigenvalue weighted by Gasteiger charge is -2.15. The molecular formula is C18H20ClF3IN3O. The molecule has 2 aromatic carbocycles. The van der Waals surface area contributed by atoms with Gasteiger partial charge in [0.15, 0.2) is 11.6 Å². The maximum atomic E-state index is 14.2. The highest BCUT2D eigenvalue weighted by Crippen LogP contribution is 2.21. The summed E-state index contributed by atoms with van der Waals surface area (Å²) in [5.41, 5.74) is 0.0134. The molecule has 0 saturated carbocycles. The number of likely N-dealkylation sites (N-methyl/N-ethyl adjacent to an activating group) is 1. The highest BCUT2D eigenvalue weighted by molar-refractivity contribution is 14.1. The molecule has 0 radical (unpaired) electrons. The van der Waals surface area contributed by atoms with Crippen LogP contribution in [0.15, 0.2) is 30.3 Å². The van der Waals surface area contributed by atoms with Crippen LogP contribution in [0.4, 0.5) is 18.9 Å². The molecule has 0 fully saturated rings. The molecule has 0 aliphatic heterocycles. The molecule has 2 rings (SSSR count). The van der Waals surface area contributed by atoms with Crippen molar-refractivity contribution in [3.63, 3.8) is 0 Å². The number of anilines is 1. The minimum atomic E-state index is -1.12. The number of hydrogen-bond donors (Lipinski definition) is 2. The number of carbonyl (C=O) groups is 1. The van der Waals surface area contributed by atoms with E-state index in [1.807, 2.05) is 41.6 Å². The van der Waals surface area contributed by atoms with Crippen molar-refractivity contribution in [3.05, 3.63) is 62.5 Å². The second kappa shape index (κ2) is 10.7. The van der Waals surface area contributed by atoms with Crippen molar-refractivity contribution in [1.82, 2.24) is 10.2 Å². The van der Waals surface area contributed by atoms with Gasteiger partial charge in [-0.05, 0) is 67.0 Å². The number of nitrogens with zero attached hydrogens (tertiary/aromatic N) is 1. The Kier molecular flexibility index (Phi) is 9.34. The maximum absolute atomic E-state index is 14.2. The summed E-state index contributed by atoms with van der Waals surface area (Å²) in [6.07, 6.45) is 0. The molecule has 0 saturated heterocycles. The van der Waals surface area contributed by atoms with E-state index in [1.165, 1.54) is 18.2 Å². The van der Waals surface area contributed by atoms with Gasteiger partial charge in [0.05, 0.1) is 5.69 Å². The van der Waals surface area contributed by atoms with Crippen LogP contribution in [0.2, 0.25) is 0 Å². The molecule has 148 valence electrons. The summed E-state index contributed by atoms with van der Waals surface area (Å²) >= 11 is 1.97. The van der Waals surface area contributed by atoms with Crippen molar-refractivity contribution in [2.75, 3.05) is 32.5 Å². The highest BCUT2D eigenvalue weighted by Gasteiger charge is 2.19. The lowest BCUT2D eigenvalue weighted by atomic mass is 10.1. The van der Waals surface area contributed by atoms with E-state index in [9.17, 15) is 18.0 Å². The molecule has 0 atom stereocenters. The zero-order valence-corrected chi connectivity index (χ0v) is 17.8. The first-order valence-electron chi connectivity index (χ1n) is 7.88. The fraction of sp³-hybridized carbons (Fsp3) is 0.278.